The van der Waals surface area contributed by atoms with Gasteiger partial charge in [-0.25, -0.2) is 9.97 Å². The van der Waals surface area contributed by atoms with Crippen molar-refractivity contribution in [1.82, 2.24) is 9.97 Å². The normalized spacial score (nSPS) is 10.2. The highest BCUT2D eigenvalue weighted by Gasteiger charge is 2.01. The molecule has 0 spiro atoms. The molecule has 1 N–H and O–H groups in total. The zero-order chi connectivity index (χ0) is 10.4. The molecule has 0 unspecified atom stereocenters. The second-order valence-corrected chi connectivity index (χ2v) is 2.93. The van der Waals surface area contributed by atoms with E-state index in [0.717, 1.165) is 12.2 Å². The van der Waals surface area contributed by atoms with E-state index in [9.17, 15) is 0 Å². The molecule has 78 valence electrons. The minimum atomic E-state index is -0.123. The monoisotopic (exact) mass is 197 g/mol. The standard InChI is InChI=1S/C9H15N3O2/c1-12(3-4-14-2)8-5-10-9(7-13)11-6-8/h5-6,13H,3-4,7H2,1-2H3. The number of nitrogens with zero attached hydrogens (tertiary/aromatic N) is 3. The van der Waals surface area contributed by atoms with Gasteiger partial charge in [-0.2, -0.15) is 0 Å². The van der Waals surface area contributed by atoms with Crippen molar-refractivity contribution >= 4 is 5.69 Å². The molecule has 0 amide bonds. The SMILES string of the molecule is COCCN(C)c1cnc(CO)nc1. The van der Waals surface area contributed by atoms with Gasteiger partial charge in [0.05, 0.1) is 24.7 Å². The van der Waals surface area contributed by atoms with Crippen LogP contribution in [0.25, 0.3) is 0 Å². The molecule has 0 aliphatic carbocycles. The molecule has 0 aliphatic heterocycles. The summed E-state index contributed by atoms with van der Waals surface area (Å²) in [5, 5.41) is 8.75. The maximum Gasteiger partial charge on any atom is 0.153 e. The molecule has 1 heterocycles. The summed E-state index contributed by atoms with van der Waals surface area (Å²) < 4.78 is 4.96. The summed E-state index contributed by atoms with van der Waals surface area (Å²) in [6.45, 7) is 1.33. The van der Waals surface area contributed by atoms with Crippen molar-refractivity contribution in [2.24, 2.45) is 0 Å². The molecule has 0 saturated carbocycles. The molecule has 0 aliphatic rings. The quantitative estimate of drug-likeness (QED) is 0.723. The van der Waals surface area contributed by atoms with Crippen LogP contribution in [-0.4, -0.2) is 42.4 Å². The molecule has 0 fully saturated rings. The fraction of sp³-hybridized carbons (Fsp3) is 0.556. The first kappa shape index (κ1) is 10.9. The van der Waals surface area contributed by atoms with Crippen molar-refractivity contribution in [2.45, 2.75) is 6.61 Å². The van der Waals surface area contributed by atoms with Crippen molar-refractivity contribution < 1.29 is 9.84 Å². The molecule has 0 atom stereocenters. The van der Waals surface area contributed by atoms with Crippen LogP contribution < -0.4 is 4.90 Å². The number of hydrogen-bond donors (Lipinski definition) is 1. The highest BCUT2D eigenvalue weighted by atomic mass is 16.5. The summed E-state index contributed by atoms with van der Waals surface area (Å²) in [5.74, 6) is 0.439. The molecular formula is C9H15N3O2. The smallest absolute Gasteiger partial charge is 0.153 e. The maximum absolute atomic E-state index is 8.75. The molecule has 0 radical (unpaired) electrons. The summed E-state index contributed by atoms with van der Waals surface area (Å²) in [4.78, 5) is 9.96. The summed E-state index contributed by atoms with van der Waals surface area (Å²) in [5.41, 5.74) is 0.916. The van der Waals surface area contributed by atoms with Gasteiger partial charge < -0.3 is 14.7 Å². The second kappa shape index (κ2) is 5.51. The highest BCUT2D eigenvalue weighted by Crippen LogP contribution is 2.08. The number of ether oxygens (including phenoxy) is 1. The van der Waals surface area contributed by atoms with E-state index >= 15 is 0 Å². The number of aliphatic hydroxyl groups is 1. The minimum Gasteiger partial charge on any atom is -0.388 e. The first-order valence-electron chi connectivity index (χ1n) is 4.39. The van der Waals surface area contributed by atoms with Crippen molar-refractivity contribution in [3.05, 3.63) is 18.2 Å². The molecule has 5 heteroatoms. The molecule has 0 aromatic carbocycles. The van der Waals surface area contributed by atoms with Crippen LogP contribution in [0.2, 0.25) is 0 Å². The van der Waals surface area contributed by atoms with E-state index in [0.29, 0.717) is 12.4 Å². The average Bonchev–Trinajstić information content (AvgIpc) is 2.26. The third-order valence-electron chi connectivity index (χ3n) is 1.90. The van der Waals surface area contributed by atoms with Gasteiger partial charge in [0.2, 0.25) is 0 Å². The van der Waals surface area contributed by atoms with E-state index in [1.165, 1.54) is 0 Å². The Kier molecular flexibility index (Phi) is 4.28. The maximum atomic E-state index is 8.75. The van der Waals surface area contributed by atoms with Gasteiger partial charge in [-0.05, 0) is 0 Å². The summed E-state index contributed by atoms with van der Waals surface area (Å²) in [6.07, 6.45) is 3.38. The Morgan fingerprint density at radius 2 is 2.07 bits per heavy atom. The van der Waals surface area contributed by atoms with Crippen LogP contribution in [0.5, 0.6) is 0 Å². The fourth-order valence-electron chi connectivity index (χ4n) is 0.984. The number of methoxy groups -OCH3 is 1. The first-order chi connectivity index (χ1) is 6.77. The molecule has 0 saturated heterocycles. The highest BCUT2D eigenvalue weighted by molar-refractivity contribution is 5.40. The van der Waals surface area contributed by atoms with Gasteiger partial charge in [0, 0.05) is 20.7 Å². The van der Waals surface area contributed by atoms with E-state index in [1.54, 1.807) is 19.5 Å². The van der Waals surface area contributed by atoms with E-state index in [-0.39, 0.29) is 6.61 Å². The van der Waals surface area contributed by atoms with E-state index in [4.69, 9.17) is 9.84 Å². The lowest BCUT2D eigenvalue weighted by atomic mass is 10.4. The van der Waals surface area contributed by atoms with Gasteiger partial charge >= 0.3 is 0 Å². The minimum absolute atomic E-state index is 0.123. The van der Waals surface area contributed by atoms with Crippen LogP contribution in [0.4, 0.5) is 5.69 Å². The van der Waals surface area contributed by atoms with Crippen molar-refractivity contribution in [3.63, 3.8) is 0 Å². The lowest BCUT2D eigenvalue weighted by Gasteiger charge is -2.17. The Hall–Kier alpha value is -1.20. The molecule has 14 heavy (non-hydrogen) atoms. The van der Waals surface area contributed by atoms with Crippen LogP contribution >= 0.6 is 0 Å². The third-order valence-corrected chi connectivity index (χ3v) is 1.90. The number of likely N-dealkylation sites (N-methyl/N-ethyl adjacent to an activating group) is 1. The van der Waals surface area contributed by atoms with Crippen molar-refractivity contribution in [2.75, 3.05) is 32.2 Å². The van der Waals surface area contributed by atoms with Gasteiger partial charge in [-0.1, -0.05) is 0 Å². The average molecular weight is 197 g/mol. The molecule has 1 rings (SSSR count). The van der Waals surface area contributed by atoms with Crippen LogP contribution in [0.3, 0.4) is 0 Å². The Balaban J connectivity index is 2.57. The second-order valence-electron chi connectivity index (χ2n) is 2.93. The predicted molar refractivity (Wildman–Crippen MR) is 53.1 cm³/mol. The Labute approximate surface area is 83.4 Å². The van der Waals surface area contributed by atoms with E-state index in [2.05, 4.69) is 9.97 Å². The molecule has 5 nitrogen and oxygen atoms in total. The molecule has 0 bridgehead atoms. The number of aliphatic hydroxyl groups excluding tert-OH is 1. The largest absolute Gasteiger partial charge is 0.388 e. The summed E-state index contributed by atoms with van der Waals surface area (Å²) >= 11 is 0. The predicted octanol–water partition coefficient (Wildman–Crippen LogP) is 0.0515. The third kappa shape index (κ3) is 2.93. The van der Waals surface area contributed by atoms with Crippen LogP contribution in [0.15, 0.2) is 12.4 Å². The van der Waals surface area contributed by atoms with E-state index in [1.807, 2.05) is 11.9 Å². The first-order valence-corrected chi connectivity index (χ1v) is 4.39. The number of anilines is 1. The van der Waals surface area contributed by atoms with Gasteiger partial charge in [0.25, 0.3) is 0 Å². The van der Waals surface area contributed by atoms with Gasteiger partial charge in [-0.15, -0.1) is 0 Å². The summed E-state index contributed by atoms with van der Waals surface area (Å²) in [7, 11) is 3.61. The van der Waals surface area contributed by atoms with Gasteiger partial charge in [0.15, 0.2) is 5.82 Å². The Morgan fingerprint density at radius 1 is 1.43 bits per heavy atom. The topological polar surface area (TPSA) is 58.5 Å². The zero-order valence-corrected chi connectivity index (χ0v) is 8.47. The van der Waals surface area contributed by atoms with Gasteiger partial charge in [-0.3, -0.25) is 0 Å². The Morgan fingerprint density at radius 3 is 2.57 bits per heavy atom. The number of rotatable bonds is 5. The van der Waals surface area contributed by atoms with Crippen LogP contribution in [0.1, 0.15) is 5.82 Å². The van der Waals surface area contributed by atoms with Crippen molar-refractivity contribution in [3.8, 4) is 0 Å². The lowest BCUT2D eigenvalue weighted by Crippen LogP contribution is -2.22. The molecular weight excluding hydrogens is 182 g/mol. The van der Waals surface area contributed by atoms with Crippen LogP contribution in [0, 0.1) is 0 Å². The van der Waals surface area contributed by atoms with Crippen LogP contribution in [-0.2, 0) is 11.3 Å². The van der Waals surface area contributed by atoms with Gasteiger partial charge in [0.1, 0.15) is 6.61 Å². The zero-order valence-electron chi connectivity index (χ0n) is 8.47. The fourth-order valence-corrected chi connectivity index (χ4v) is 0.984. The summed E-state index contributed by atoms with van der Waals surface area (Å²) in [6, 6.07) is 0. The molecule has 1 aromatic heterocycles. The molecule has 1 aromatic rings. The lowest BCUT2D eigenvalue weighted by molar-refractivity contribution is 0.206. The van der Waals surface area contributed by atoms with E-state index < -0.39 is 0 Å². The number of hydrogen-bond acceptors (Lipinski definition) is 5. The van der Waals surface area contributed by atoms with Crippen molar-refractivity contribution in [1.29, 1.82) is 0 Å². The Bertz CT molecular complexity index is 263. The number of aromatic nitrogens is 2.